The Labute approximate surface area is 203 Å². The van der Waals surface area contributed by atoms with Gasteiger partial charge >= 0.3 is 6.09 Å². The van der Waals surface area contributed by atoms with Gasteiger partial charge in [0.25, 0.3) is 0 Å². The minimum absolute atomic E-state index is 0.00502. The number of alkyl carbamates (subject to hydrolysis) is 1. The maximum absolute atomic E-state index is 11.9. The molecule has 2 aliphatic carbocycles. The number of hydrogen-bond donors (Lipinski definition) is 3. The molecule has 0 spiro atoms. The Morgan fingerprint density at radius 3 is 2.09 bits per heavy atom. The Bertz CT molecular complexity index is 672. The molecule has 0 saturated heterocycles. The van der Waals surface area contributed by atoms with E-state index in [4.69, 9.17) is 14.2 Å². The highest BCUT2D eigenvalue weighted by Crippen LogP contribution is 2.52. The maximum atomic E-state index is 11.9. The van der Waals surface area contributed by atoms with E-state index in [1.54, 1.807) is 0 Å². The van der Waals surface area contributed by atoms with E-state index in [-0.39, 0.29) is 17.9 Å². The Kier molecular flexibility index (Phi) is 14.1. The molecular weight excluding hydrogens is 438 g/mol. The van der Waals surface area contributed by atoms with Gasteiger partial charge in [0, 0.05) is 45.8 Å². The number of ether oxygens (including phenoxy) is 3. The molecule has 0 heterocycles. The molecule has 2 unspecified atom stereocenters. The molecule has 0 aromatic rings. The number of unbranched alkanes of at least 4 members (excludes halogenated alkanes) is 2. The van der Waals surface area contributed by atoms with Gasteiger partial charge in [-0.15, -0.1) is 11.8 Å². The number of carbonyl (C=O) groups is 3. The van der Waals surface area contributed by atoms with Crippen LogP contribution in [-0.2, 0) is 23.8 Å². The number of amides is 3. The van der Waals surface area contributed by atoms with Gasteiger partial charge in [0.2, 0.25) is 11.8 Å². The molecule has 2 rings (SSSR count). The zero-order chi connectivity index (χ0) is 24.4. The molecule has 192 valence electrons. The minimum atomic E-state index is -0.341. The number of nitrogens with one attached hydrogen (secondary N) is 3. The third kappa shape index (κ3) is 12.8. The van der Waals surface area contributed by atoms with Gasteiger partial charge < -0.3 is 30.2 Å². The average Bonchev–Trinajstić information content (AvgIpc) is 3.44. The van der Waals surface area contributed by atoms with Gasteiger partial charge in [0.05, 0.1) is 33.0 Å². The topological polar surface area (TPSA) is 115 Å². The first-order valence-corrected chi connectivity index (χ1v) is 12.6. The molecule has 2 aliphatic rings. The van der Waals surface area contributed by atoms with Gasteiger partial charge in [-0.3, -0.25) is 9.59 Å². The zero-order valence-corrected chi connectivity index (χ0v) is 20.5. The van der Waals surface area contributed by atoms with Crippen molar-refractivity contribution in [1.29, 1.82) is 0 Å². The molecule has 0 aliphatic heterocycles. The Balaban J connectivity index is 1.31. The minimum Gasteiger partial charge on any atom is -0.449 e. The van der Waals surface area contributed by atoms with Gasteiger partial charge in [-0.05, 0) is 43.4 Å². The lowest BCUT2D eigenvalue weighted by Gasteiger charge is -2.08. The highest BCUT2D eigenvalue weighted by molar-refractivity contribution is 5.75. The van der Waals surface area contributed by atoms with E-state index in [1.165, 1.54) is 6.92 Å². The predicted molar refractivity (Wildman–Crippen MR) is 128 cm³/mol. The fourth-order valence-corrected chi connectivity index (χ4v) is 4.26. The van der Waals surface area contributed by atoms with Gasteiger partial charge in [0.15, 0.2) is 0 Å². The number of hydrogen-bond acceptors (Lipinski definition) is 6. The van der Waals surface area contributed by atoms with Gasteiger partial charge in [-0.25, -0.2) is 4.79 Å². The van der Waals surface area contributed by atoms with Gasteiger partial charge in [-0.1, -0.05) is 6.42 Å². The fourth-order valence-electron chi connectivity index (χ4n) is 4.26. The van der Waals surface area contributed by atoms with Crippen LogP contribution in [-0.4, -0.2) is 70.6 Å². The van der Waals surface area contributed by atoms with Crippen molar-refractivity contribution >= 4 is 17.9 Å². The van der Waals surface area contributed by atoms with Crippen LogP contribution in [0.2, 0.25) is 0 Å². The van der Waals surface area contributed by atoms with E-state index in [2.05, 4.69) is 27.8 Å². The fraction of sp³-hybridized carbons (Fsp3) is 0.800. The summed E-state index contributed by atoms with van der Waals surface area (Å²) in [5.74, 6) is 8.19. The highest BCUT2D eigenvalue weighted by Gasteiger charge is 2.49. The smallest absolute Gasteiger partial charge is 0.407 e. The quantitative estimate of drug-likeness (QED) is 0.217. The van der Waals surface area contributed by atoms with Gasteiger partial charge in [0.1, 0.15) is 0 Å². The summed E-state index contributed by atoms with van der Waals surface area (Å²) in [4.78, 5) is 34.4. The van der Waals surface area contributed by atoms with E-state index in [1.807, 2.05) is 0 Å². The average molecular weight is 480 g/mol. The lowest BCUT2D eigenvalue weighted by Crippen LogP contribution is -2.28. The highest BCUT2D eigenvalue weighted by atomic mass is 16.5. The third-order valence-electron chi connectivity index (χ3n) is 6.16. The van der Waals surface area contributed by atoms with E-state index < -0.39 is 0 Å². The summed E-state index contributed by atoms with van der Waals surface area (Å²) < 4.78 is 16.1. The molecule has 1 saturated carbocycles. The first-order chi connectivity index (χ1) is 16.6. The lowest BCUT2D eigenvalue weighted by molar-refractivity contribution is -0.121. The largest absolute Gasteiger partial charge is 0.449 e. The standard InChI is InChI=1S/C25H41N3O6/c1-20(29)26-13-15-32-17-18-33-16-14-27-24(30)11-7-4-8-12-28-25(31)34-19-23-21-9-5-2-3-6-10-22(21)23/h21-23H,4-19H2,1H3,(H,26,29)(H,27,30)(H,28,31). The van der Waals surface area contributed by atoms with Crippen molar-refractivity contribution in [1.82, 2.24) is 16.0 Å². The SMILES string of the molecule is CC(=O)NCCOCCOCCNC(=O)CCCCCNC(=O)OCC1C2CCC#CCCC21. The zero-order valence-electron chi connectivity index (χ0n) is 20.5. The summed E-state index contributed by atoms with van der Waals surface area (Å²) in [6.45, 7) is 5.28. The molecule has 9 heteroatoms. The van der Waals surface area contributed by atoms with Crippen LogP contribution in [0.15, 0.2) is 0 Å². The Hall–Kier alpha value is -2.31. The number of rotatable bonds is 17. The van der Waals surface area contributed by atoms with Crippen molar-refractivity contribution in [3.63, 3.8) is 0 Å². The van der Waals surface area contributed by atoms with Crippen LogP contribution >= 0.6 is 0 Å². The summed E-state index contributed by atoms with van der Waals surface area (Å²) >= 11 is 0. The first-order valence-electron chi connectivity index (χ1n) is 12.6. The normalized spacial score (nSPS) is 20.6. The molecular formula is C25H41N3O6. The number of fused-ring (bicyclic) bond motifs is 1. The molecule has 0 aromatic heterocycles. The van der Waals surface area contributed by atoms with Crippen LogP contribution in [0.4, 0.5) is 4.79 Å². The molecule has 0 bridgehead atoms. The van der Waals surface area contributed by atoms with Crippen LogP contribution in [0, 0.1) is 29.6 Å². The summed E-state index contributed by atoms with van der Waals surface area (Å²) in [5, 5.41) is 8.28. The summed E-state index contributed by atoms with van der Waals surface area (Å²) in [5.41, 5.74) is 0. The number of carbonyl (C=O) groups excluding carboxylic acids is 3. The van der Waals surface area contributed by atoms with Crippen molar-refractivity contribution in [2.45, 2.75) is 58.3 Å². The van der Waals surface area contributed by atoms with Crippen molar-refractivity contribution in [2.24, 2.45) is 17.8 Å². The summed E-state index contributed by atoms with van der Waals surface area (Å²) in [7, 11) is 0. The molecule has 3 N–H and O–H groups in total. The van der Waals surface area contributed by atoms with Crippen molar-refractivity contribution < 1.29 is 28.6 Å². The van der Waals surface area contributed by atoms with Gasteiger partial charge in [-0.2, -0.15) is 0 Å². The Morgan fingerprint density at radius 2 is 1.44 bits per heavy atom. The first kappa shape index (κ1) is 27.9. The van der Waals surface area contributed by atoms with Crippen LogP contribution in [0.3, 0.4) is 0 Å². The van der Waals surface area contributed by atoms with Crippen molar-refractivity contribution in [2.75, 3.05) is 52.7 Å². The second-order valence-electron chi connectivity index (χ2n) is 8.82. The van der Waals surface area contributed by atoms with E-state index in [0.29, 0.717) is 76.8 Å². The van der Waals surface area contributed by atoms with Crippen LogP contribution < -0.4 is 16.0 Å². The maximum Gasteiger partial charge on any atom is 0.407 e. The van der Waals surface area contributed by atoms with Crippen molar-refractivity contribution in [3.05, 3.63) is 0 Å². The second-order valence-corrected chi connectivity index (χ2v) is 8.82. The second kappa shape index (κ2) is 17.2. The molecule has 3 amide bonds. The third-order valence-corrected chi connectivity index (χ3v) is 6.16. The summed E-state index contributed by atoms with van der Waals surface area (Å²) in [6, 6.07) is 0. The summed E-state index contributed by atoms with van der Waals surface area (Å²) in [6.07, 6.45) is 6.78. The van der Waals surface area contributed by atoms with E-state index in [0.717, 1.165) is 44.9 Å². The van der Waals surface area contributed by atoms with Crippen LogP contribution in [0.25, 0.3) is 0 Å². The molecule has 1 fully saturated rings. The predicted octanol–water partition coefficient (Wildman–Crippen LogP) is 2.00. The Morgan fingerprint density at radius 1 is 0.794 bits per heavy atom. The van der Waals surface area contributed by atoms with E-state index in [9.17, 15) is 14.4 Å². The lowest BCUT2D eigenvalue weighted by atomic mass is 10.1. The monoisotopic (exact) mass is 479 g/mol. The molecule has 2 atom stereocenters. The molecule has 0 aromatic carbocycles. The van der Waals surface area contributed by atoms with E-state index >= 15 is 0 Å². The molecule has 9 nitrogen and oxygen atoms in total. The van der Waals surface area contributed by atoms with Crippen molar-refractivity contribution in [3.8, 4) is 11.8 Å². The van der Waals surface area contributed by atoms with Crippen LogP contribution in [0.1, 0.15) is 58.3 Å². The molecule has 0 radical (unpaired) electrons. The van der Waals surface area contributed by atoms with Crippen LogP contribution in [0.5, 0.6) is 0 Å². The molecule has 34 heavy (non-hydrogen) atoms.